The molecule has 2 N–H and O–H groups in total. The van der Waals surface area contributed by atoms with Crippen LogP contribution in [-0.2, 0) is 11.2 Å². The van der Waals surface area contributed by atoms with Crippen molar-refractivity contribution in [3.8, 4) is 0 Å². The van der Waals surface area contributed by atoms with Crippen molar-refractivity contribution in [1.29, 1.82) is 0 Å². The van der Waals surface area contributed by atoms with Crippen LogP contribution in [0.1, 0.15) is 70.7 Å². The zero-order valence-electron chi connectivity index (χ0n) is 15.6. The van der Waals surface area contributed by atoms with E-state index in [2.05, 4.69) is 10.6 Å². The normalized spacial score (nSPS) is 11.9. The zero-order chi connectivity index (χ0) is 18.4. The lowest BCUT2D eigenvalue weighted by molar-refractivity contribution is 0.0501. The molecular weight excluding hydrogens is 308 g/mol. The third-order valence-electron chi connectivity index (χ3n) is 3.94. The Balaban J connectivity index is 2.73. The molecule has 136 valence electrons. The Morgan fingerprint density at radius 3 is 2.21 bits per heavy atom. The number of furan rings is 1. The fourth-order valence-electron chi connectivity index (χ4n) is 2.27. The summed E-state index contributed by atoms with van der Waals surface area (Å²) in [5.74, 6) is 0.783. The molecule has 6 heteroatoms. The van der Waals surface area contributed by atoms with E-state index in [1.165, 1.54) is 0 Å². The molecule has 0 aliphatic carbocycles. The topological polar surface area (TPSA) is 80.6 Å². The minimum atomic E-state index is -0.556. The highest BCUT2D eigenvalue weighted by molar-refractivity contribution is 5.92. The van der Waals surface area contributed by atoms with E-state index in [4.69, 9.17) is 9.15 Å². The molecule has 0 saturated carbocycles. The Kier molecular flexibility index (Phi) is 6.87. The molecule has 0 bridgehead atoms. The molecule has 1 aromatic rings. The van der Waals surface area contributed by atoms with Gasteiger partial charge in [0.05, 0.1) is 5.54 Å². The number of carbonyl (C=O) groups excluding carboxylic acids is 2. The molecule has 1 aromatic heterocycles. The highest BCUT2D eigenvalue weighted by Gasteiger charge is 2.31. The van der Waals surface area contributed by atoms with E-state index in [0.717, 1.165) is 12.2 Å². The average Bonchev–Trinajstić information content (AvgIpc) is 2.99. The largest absolute Gasteiger partial charge is 0.456 e. The summed E-state index contributed by atoms with van der Waals surface area (Å²) in [7, 11) is 0. The fraction of sp³-hybridized carbons (Fsp3) is 0.667. The lowest BCUT2D eigenvalue weighted by Crippen LogP contribution is -2.55. The third-order valence-corrected chi connectivity index (χ3v) is 3.94. The Morgan fingerprint density at radius 2 is 1.75 bits per heavy atom. The second-order valence-electron chi connectivity index (χ2n) is 6.92. The van der Waals surface area contributed by atoms with Gasteiger partial charge in [-0.25, -0.2) is 4.79 Å². The summed E-state index contributed by atoms with van der Waals surface area (Å²) in [5.41, 5.74) is -1.10. The second kappa shape index (κ2) is 8.22. The van der Waals surface area contributed by atoms with Crippen LogP contribution in [0.4, 0.5) is 4.79 Å². The van der Waals surface area contributed by atoms with Crippen molar-refractivity contribution in [3.05, 3.63) is 23.7 Å². The molecule has 0 saturated heterocycles. The Bertz CT molecular complexity index is 554. The van der Waals surface area contributed by atoms with Gasteiger partial charge in [0, 0.05) is 13.0 Å². The second-order valence-corrected chi connectivity index (χ2v) is 6.92. The van der Waals surface area contributed by atoms with Crippen LogP contribution in [-0.4, -0.2) is 29.7 Å². The molecular formula is C18H30N2O4. The van der Waals surface area contributed by atoms with E-state index in [0.29, 0.717) is 19.4 Å². The summed E-state index contributed by atoms with van der Waals surface area (Å²) >= 11 is 0. The van der Waals surface area contributed by atoms with E-state index in [-0.39, 0.29) is 11.7 Å². The molecule has 0 atom stereocenters. The van der Waals surface area contributed by atoms with E-state index >= 15 is 0 Å². The molecule has 24 heavy (non-hydrogen) atoms. The smallest absolute Gasteiger partial charge is 0.407 e. The van der Waals surface area contributed by atoms with Gasteiger partial charge in [-0.15, -0.1) is 0 Å². The van der Waals surface area contributed by atoms with Gasteiger partial charge in [-0.1, -0.05) is 20.8 Å². The maximum atomic E-state index is 12.4. The van der Waals surface area contributed by atoms with Crippen LogP contribution in [0.5, 0.6) is 0 Å². The minimum Gasteiger partial charge on any atom is -0.456 e. The van der Waals surface area contributed by atoms with Crippen molar-refractivity contribution in [2.45, 2.75) is 71.9 Å². The van der Waals surface area contributed by atoms with Gasteiger partial charge in [-0.2, -0.15) is 0 Å². The van der Waals surface area contributed by atoms with Crippen molar-refractivity contribution in [3.63, 3.8) is 0 Å². The van der Waals surface area contributed by atoms with Gasteiger partial charge >= 0.3 is 6.09 Å². The van der Waals surface area contributed by atoms with Crippen LogP contribution >= 0.6 is 0 Å². The summed E-state index contributed by atoms with van der Waals surface area (Å²) in [4.78, 5) is 24.3. The molecule has 1 rings (SSSR count). The van der Waals surface area contributed by atoms with Gasteiger partial charge in [0.15, 0.2) is 5.76 Å². The molecule has 0 spiro atoms. The van der Waals surface area contributed by atoms with Gasteiger partial charge in [-0.3, -0.25) is 4.79 Å². The lowest BCUT2D eigenvalue weighted by atomic mass is 9.92. The third kappa shape index (κ3) is 5.91. The van der Waals surface area contributed by atoms with Crippen LogP contribution < -0.4 is 10.6 Å². The van der Waals surface area contributed by atoms with Gasteiger partial charge < -0.3 is 19.8 Å². The van der Waals surface area contributed by atoms with E-state index < -0.39 is 17.2 Å². The number of hydrogen-bond acceptors (Lipinski definition) is 4. The summed E-state index contributed by atoms with van der Waals surface area (Å²) in [6, 6.07) is 3.47. The first-order chi connectivity index (χ1) is 11.1. The summed E-state index contributed by atoms with van der Waals surface area (Å²) in [6.07, 6.45) is 1.59. The average molecular weight is 338 g/mol. The highest BCUT2D eigenvalue weighted by atomic mass is 16.6. The fourth-order valence-corrected chi connectivity index (χ4v) is 2.27. The summed E-state index contributed by atoms with van der Waals surface area (Å²) < 4.78 is 10.7. The maximum Gasteiger partial charge on any atom is 0.407 e. The number of carbonyl (C=O) groups is 2. The maximum absolute atomic E-state index is 12.4. The Labute approximate surface area is 144 Å². The number of alkyl carbamates (subject to hydrolysis) is 1. The van der Waals surface area contributed by atoms with E-state index in [9.17, 15) is 9.59 Å². The van der Waals surface area contributed by atoms with Crippen molar-refractivity contribution in [2.24, 2.45) is 0 Å². The minimum absolute atomic E-state index is 0.274. The van der Waals surface area contributed by atoms with Gasteiger partial charge in [0.1, 0.15) is 11.4 Å². The van der Waals surface area contributed by atoms with Crippen molar-refractivity contribution in [1.82, 2.24) is 10.6 Å². The quantitative estimate of drug-likeness (QED) is 0.795. The number of nitrogens with one attached hydrogen (secondary N) is 2. The first kappa shape index (κ1) is 20.1. The molecule has 0 aliphatic rings. The SMILES string of the molecule is CCc1ccc(C(=O)NC(CC)(CC)CNC(=O)OC(C)(C)C)o1. The molecule has 1 heterocycles. The van der Waals surface area contributed by atoms with E-state index in [1.807, 2.05) is 41.5 Å². The number of aryl methyl sites for hydroxylation is 1. The zero-order valence-corrected chi connectivity index (χ0v) is 15.6. The molecule has 0 aliphatic heterocycles. The number of ether oxygens (including phenoxy) is 1. The molecule has 0 radical (unpaired) electrons. The Hall–Kier alpha value is -1.98. The predicted octanol–water partition coefficient (Wildman–Crippen LogP) is 3.66. The van der Waals surface area contributed by atoms with Gasteiger partial charge in [0.25, 0.3) is 5.91 Å². The van der Waals surface area contributed by atoms with Gasteiger partial charge in [-0.05, 0) is 45.7 Å². The first-order valence-electron chi connectivity index (χ1n) is 8.52. The monoisotopic (exact) mass is 338 g/mol. The van der Waals surface area contributed by atoms with Crippen molar-refractivity contribution in [2.75, 3.05) is 6.54 Å². The summed E-state index contributed by atoms with van der Waals surface area (Å²) in [5, 5.41) is 5.75. The van der Waals surface area contributed by atoms with Gasteiger partial charge in [0.2, 0.25) is 0 Å². The van der Waals surface area contributed by atoms with Crippen LogP contribution in [0, 0.1) is 0 Å². The predicted molar refractivity (Wildman–Crippen MR) is 93.1 cm³/mol. The molecule has 0 fully saturated rings. The number of rotatable bonds is 7. The highest BCUT2D eigenvalue weighted by Crippen LogP contribution is 2.17. The lowest BCUT2D eigenvalue weighted by Gasteiger charge is -2.33. The standard InChI is InChI=1S/C18H30N2O4/c1-7-13-10-11-14(23-13)15(21)20-18(8-2,9-3)12-19-16(22)24-17(4,5)6/h10-11H,7-9,12H2,1-6H3,(H,19,22)(H,20,21). The van der Waals surface area contributed by atoms with Crippen LogP contribution in [0.2, 0.25) is 0 Å². The van der Waals surface area contributed by atoms with Crippen LogP contribution in [0.25, 0.3) is 0 Å². The first-order valence-corrected chi connectivity index (χ1v) is 8.52. The molecule has 0 aromatic carbocycles. The molecule has 2 amide bonds. The van der Waals surface area contributed by atoms with Crippen LogP contribution in [0.3, 0.4) is 0 Å². The van der Waals surface area contributed by atoms with E-state index in [1.54, 1.807) is 12.1 Å². The molecule has 6 nitrogen and oxygen atoms in total. The Morgan fingerprint density at radius 1 is 1.12 bits per heavy atom. The summed E-state index contributed by atoms with van der Waals surface area (Å²) in [6.45, 7) is 11.6. The molecule has 0 unspecified atom stereocenters. The number of amides is 2. The van der Waals surface area contributed by atoms with Crippen molar-refractivity contribution >= 4 is 12.0 Å². The van der Waals surface area contributed by atoms with Crippen molar-refractivity contribution < 1.29 is 18.7 Å². The number of hydrogen-bond donors (Lipinski definition) is 2. The van der Waals surface area contributed by atoms with Crippen LogP contribution in [0.15, 0.2) is 16.5 Å².